The van der Waals surface area contributed by atoms with Crippen LogP contribution in [0.2, 0.25) is 0 Å². The SMILES string of the molecule is CC1=CC2(CCBr)CCC1C2(O)CCC1(C)OCCO1. The van der Waals surface area contributed by atoms with E-state index >= 15 is 0 Å². The Morgan fingerprint density at radius 1 is 1.30 bits per heavy atom. The van der Waals surface area contributed by atoms with Crippen LogP contribution in [0, 0.1) is 11.3 Å². The van der Waals surface area contributed by atoms with Crippen molar-refractivity contribution < 1.29 is 14.6 Å². The lowest BCUT2D eigenvalue weighted by Gasteiger charge is -2.40. The highest BCUT2D eigenvalue weighted by Gasteiger charge is 2.62. The molecule has 3 rings (SSSR count). The molecule has 20 heavy (non-hydrogen) atoms. The highest BCUT2D eigenvalue weighted by Crippen LogP contribution is 2.63. The van der Waals surface area contributed by atoms with Gasteiger partial charge in [-0.2, -0.15) is 0 Å². The Morgan fingerprint density at radius 2 is 2.00 bits per heavy atom. The lowest BCUT2D eigenvalue weighted by atomic mass is 9.71. The highest BCUT2D eigenvalue weighted by molar-refractivity contribution is 9.09. The van der Waals surface area contributed by atoms with E-state index in [-0.39, 0.29) is 5.41 Å². The highest BCUT2D eigenvalue weighted by atomic mass is 79.9. The molecule has 0 amide bonds. The number of fused-ring (bicyclic) bond motifs is 2. The summed E-state index contributed by atoms with van der Waals surface area (Å²) in [6.07, 6.45) is 7.11. The maximum atomic E-state index is 11.4. The molecular weight excluding hydrogens is 320 g/mol. The van der Waals surface area contributed by atoms with E-state index in [1.807, 2.05) is 6.92 Å². The number of rotatable bonds is 5. The minimum atomic E-state index is -0.608. The van der Waals surface area contributed by atoms with Crippen molar-refractivity contribution in [1.29, 1.82) is 0 Å². The predicted octanol–water partition coefficient (Wildman–Crippen LogP) is 3.40. The van der Waals surface area contributed by atoms with Crippen LogP contribution >= 0.6 is 15.9 Å². The van der Waals surface area contributed by atoms with Gasteiger partial charge in [-0.3, -0.25) is 0 Å². The van der Waals surface area contributed by atoms with E-state index in [0.29, 0.717) is 19.1 Å². The Morgan fingerprint density at radius 3 is 2.60 bits per heavy atom. The van der Waals surface area contributed by atoms with Gasteiger partial charge in [0.2, 0.25) is 0 Å². The Hall–Kier alpha value is 0.1000. The summed E-state index contributed by atoms with van der Waals surface area (Å²) < 4.78 is 11.4. The van der Waals surface area contributed by atoms with Crippen LogP contribution in [0.5, 0.6) is 0 Å². The fourth-order valence-electron chi connectivity index (χ4n) is 4.67. The van der Waals surface area contributed by atoms with Crippen molar-refractivity contribution >= 4 is 15.9 Å². The van der Waals surface area contributed by atoms with Crippen molar-refractivity contribution in [2.45, 2.75) is 57.3 Å². The summed E-state index contributed by atoms with van der Waals surface area (Å²) in [4.78, 5) is 0. The molecule has 0 aromatic carbocycles. The van der Waals surface area contributed by atoms with Crippen LogP contribution in [0.1, 0.15) is 46.0 Å². The van der Waals surface area contributed by atoms with Gasteiger partial charge in [0.15, 0.2) is 5.79 Å². The summed E-state index contributed by atoms with van der Waals surface area (Å²) in [6.45, 7) is 5.51. The molecule has 1 heterocycles. The molecule has 2 bridgehead atoms. The smallest absolute Gasteiger partial charge is 0.165 e. The third-order valence-electron chi connectivity index (χ3n) is 5.77. The summed E-state index contributed by atoms with van der Waals surface area (Å²) >= 11 is 3.56. The van der Waals surface area contributed by atoms with Gasteiger partial charge < -0.3 is 14.6 Å². The fraction of sp³-hybridized carbons (Fsp3) is 0.875. The molecule has 0 spiro atoms. The minimum Gasteiger partial charge on any atom is -0.388 e. The Balaban J connectivity index is 1.77. The zero-order valence-electron chi connectivity index (χ0n) is 12.5. The molecule has 0 radical (unpaired) electrons. The van der Waals surface area contributed by atoms with Crippen LogP contribution in [-0.4, -0.2) is 35.0 Å². The first kappa shape index (κ1) is 15.0. The zero-order valence-corrected chi connectivity index (χ0v) is 14.0. The van der Waals surface area contributed by atoms with Gasteiger partial charge >= 0.3 is 0 Å². The number of ether oxygens (including phenoxy) is 2. The number of hydrogen-bond donors (Lipinski definition) is 1. The van der Waals surface area contributed by atoms with E-state index in [9.17, 15) is 5.11 Å². The number of halogens is 1. The molecule has 3 unspecified atom stereocenters. The Bertz CT molecular complexity index is 416. The molecular formula is C16H25BrO3. The fourth-order valence-corrected chi connectivity index (χ4v) is 5.37. The van der Waals surface area contributed by atoms with Gasteiger partial charge in [0.1, 0.15) is 0 Å². The number of aliphatic hydroxyl groups is 1. The quantitative estimate of drug-likeness (QED) is 0.613. The van der Waals surface area contributed by atoms with Crippen molar-refractivity contribution in [3.8, 4) is 0 Å². The van der Waals surface area contributed by atoms with Crippen molar-refractivity contribution in [2.24, 2.45) is 11.3 Å². The predicted molar refractivity (Wildman–Crippen MR) is 81.8 cm³/mol. The van der Waals surface area contributed by atoms with Crippen LogP contribution in [0.3, 0.4) is 0 Å². The average Bonchev–Trinajstić information content (AvgIpc) is 2.99. The molecule has 4 heteroatoms. The third kappa shape index (κ3) is 2.11. The minimum absolute atomic E-state index is 0.0415. The van der Waals surface area contributed by atoms with Crippen molar-refractivity contribution in [2.75, 3.05) is 18.5 Å². The lowest BCUT2D eigenvalue weighted by Crippen LogP contribution is -2.45. The summed E-state index contributed by atoms with van der Waals surface area (Å²) in [6, 6.07) is 0. The molecule has 2 fully saturated rings. The van der Waals surface area contributed by atoms with Crippen molar-refractivity contribution in [1.82, 2.24) is 0 Å². The largest absolute Gasteiger partial charge is 0.388 e. The summed E-state index contributed by atoms with van der Waals surface area (Å²) in [5, 5.41) is 12.4. The van der Waals surface area contributed by atoms with Crippen molar-refractivity contribution in [3.05, 3.63) is 11.6 Å². The second kappa shape index (κ2) is 5.08. The number of alkyl halides is 1. The van der Waals surface area contributed by atoms with Gasteiger partial charge in [0.25, 0.3) is 0 Å². The molecule has 1 saturated carbocycles. The molecule has 114 valence electrons. The van der Waals surface area contributed by atoms with Crippen LogP contribution in [0.15, 0.2) is 11.6 Å². The number of hydrogen-bond acceptors (Lipinski definition) is 3. The van der Waals surface area contributed by atoms with Crippen molar-refractivity contribution in [3.63, 3.8) is 0 Å². The first-order valence-corrected chi connectivity index (χ1v) is 8.83. The lowest BCUT2D eigenvalue weighted by molar-refractivity contribution is -0.164. The molecule has 2 aliphatic carbocycles. The summed E-state index contributed by atoms with van der Waals surface area (Å²) in [5.74, 6) is -0.173. The topological polar surface area (TPSA) is 38.7 Å². The van der Waals surface area contributed by atoms with Crippen LogP contribution in [0.4, 0.5) is 0 Å². The Kier molecular flexibility index (Phi) is 3.81. The monoisotopic (exact) mass is 344 g/mol. The normalized spacial score (nSPS) is 42.2. The molecule has 0 aromatic heterocycles. The summed E-state index contributed by atoms with van der Waals surface area (Å²) in [7, 11) is 0. The first-order chi connectivity index (χ1) is 9.45. The zero-order chi connectivity index (χ0) is 14.4. The Labute approximate surface area is 129 Å². The van der Waals surface area contributed by atoms with E-state index in [2.05, 4.69) is 28.9 Å². The van der Waals surface area contributed by atoms with E-state index in [0.717, 1.165) is 37.4 Å². The van der Waals surface area contributed by atoms with E-state index in [1.54, 1.807) is 0 Å². The maximum absolute atomic E-state index is 11.4. The van der Waals surface area contributed by atoms with Crippen LogP contribution in [0.25, 0.3) is 0 Å². The molecule has 1 saturated heterocycles. The van der Waals surface area contributed by atoms with Gasteiger partial charge in [0, 0.05) is 23.1 Å². The van der Waals surface area contributed by atoms with Gasteiger partial charge in [-0.1, -0.05) is 27.6 Å². The first-order valence-electron chi connectivity index (χ1n) is 7.70. The van der Waals surface area contributed by atoms with E-state index < -0.39 is 11.4 Å². The van der Waals surface area contributed by atoms with Gasteiger partial charge in [-0.15, -0.1) is 0 Å². The third-order valence-corrected chi connectivity index (χ3v) is 6.17. The van der Waals surface area contributed by atoms with Gasteiger partial charge in [0.05, 0.1) is 18.8 Å². The molecule has 1 N–H and O–H groups in total. The molecule has 1 aliphatic heterocycles. The van der Waals surface area contributed by atoms with E-state index in [4.69, 9.17) is 9.47 Å². The maximum Gasteiger partial charge on any atom is 0.165 e. The summed E-state index contributed by atoms with van der Waals surface area (Å²) in [5.41, 5.74) is 0.724. The average molecular weight is 345 g/mol. The van der Waals surface area contributed by atoms with Gasteiger partial charge in [-0.25, -0.2) is 0 Å². The molecule has 3 nitrogen and oxygen atoms in total. The second-order valence-corrected chi connectivity index (χ2v) is 7.62. The molecule has 3 atom stereocenters. The van der Waals surface area contributed by atoms with Crippen LogP contribution in [-0.2, 0) is 9.47 Å². The van der Waals surface area contributed by atoms with E-state index in [1.165, 1.54) is 5.57 Å². The standard InChI is InChI=1S/C16H25BrO3/c1-12-11-15(7-8-17)4-3-13(12)16(15,18)6-5-14(2)19-9-10-20-14/h11,13,18H,3-10H2,1-2H3. The van der Waals surface area contributed by atoms with Gasteiger partial charge in [-0.05, 0) is 39.5 Å². The second-order valence-electron chi connectivity index (χ2n) is 6.83. The molecule has 3 aliphatic rings. The molecule has 0 aromatic rings. The van der Waals surface area contributed by atoms with Crippen LogP contribution < -0.4 is 0 Å².